The monoisotopic (exact) mass is 186 g/mol. The number of aldehydes is 1. The van der Waals surface area contributed by atoms with Crippen molar-refractivity contribution in [1.82, 2.24) is 0 Å². The van der Waals surface area contributed by atoms with Crippen molar-refractivity contribution in [3.63, 3.8) is 0 Å². The maximum absolute atomic E-state index is 11.1. The molecule has 1 rings (SSSR count). The van der Waals surface area contributed by atoms with Gasteiger partial charge in [-0.2, -0.15) is 0 Å². The van der Waals surface area contributed by atoms with Crippen molar-refractivity contribution in [1.29, 1.82) is 0 Å². The summed E-state index contributed by atoms with van der Waals surface area (Å²) in [5.41, 5.74) is -0.310. The third-order valence-electron chi connectivity index (χ3n) is 2.92. The van der Waals surface area contributed by atoms with E-state index in [1.807, 2.05) is 13.8 Å². The first-order valence-electron chi connectivity index (χ1n) is 4.75. The summed E-state index contributed by atoms with van der Waals surface area (Å²) in [6.07, 6.45) is 2.84. The number of ether oxygens (including phenoxy) is 2. The van der Waals surface area contributed by atoms with E-state index in [0.717, 1.165) is 19.1 Å². The van der Waals surface area contributed by atoms with Gasteiger partial charge < -0.3 is 14.3 Å². The molecule has 1 aliphatic heterocycles. The highest BCUT2D eigenvalue weighted by Gasteiger charge is 2.44. The van der Waals surface area contributed by atoms with E-state index < -0.39 is 0 Å². The second-order valence-electron chi connectivity index (χ2n) is 3.89. The van der Waals surface area contributed by atoms with Crippen LogP contribution in [0, 0.1) is 5.41 Å². The number of rotatable bonds is 4. The molecule has 1 aliphatic rings. The van der Waals surface area contributed by atoms with Gasteiger partial charge in [-0.3, -0.25) is 0 Å². The van der Waals surface area contributed by atoms with E-state index in [1.54, 1.807) is 7.11 Å². The van der Waals surface area contributed by atoms with Gasteiger partial charge in [-0.1, -0.05) is 0 Å². The average molecular weight is 186 g/mol. The first-order chi connectivity index (χ1) is 6.14. The Morgan fingerprint density at radius 2 is 2.31 bits per heavy atom. The fourth-order valence-corrected chi connectivity index (χ4v) is 2.03. The molecule has 1 heterocycles. The lowest BCUT2D eigenvalue weighted by atomic mass is 9.79. The van der Waals surface area contributed by atoms with Crippen molar-refractivity contribution >= 4 is 6.29 Å². The highest BCUT2D eigenvalue weighted by Crippen LogP contribution is 2.39. The molecule has 0 radical (unpaired) electrons. The maximum atomic E-state index is 11.1. The van der Waals surface area contributed by atoms with E-state index in [-0.39, 0.29) is 17.6 Å². The fraction of sp³-hybridized carbons (Fsp3) is 0.900. The molecule has 3 atom stereocenters. The molecule has 1 fully saturated rings. The molecule has 0 spiro atoms. The molecular formula is C10H18O3. The Morgan fingerprint density at radius 3 is 2.69 bits per heavy atom. The van der Waals surface area contributed by atoms with Gasteiger partial charge in [0, 0.05) is 13.7 Å². The minimum atomic E-state index is -0.310. The molecule has 0 aliphatic carbocycles. The smallest absolute Gasteiger partial charge is 0.128 e. The lowest BCUT2D eigenvalue weighted by molar-refractivity contribution is -0.120. The van der Waals surface area contributed by atoms with Gasteiger partial charge >= 0.3 is 0 Å². The number of hydrogen-bond donors (Lipinski definition) is 0. The van der Waals surface area contributed by atoms with Crippen LogP contribution in [-0.4, -0.2) is 32.2 Å². The maximum Gasteiger partial charge on any atom is 0.128 e. The number of carbonyl (C=O) groups excluding carboxylic acids is 1. The van der Waals surface area contributed by atoms with Crippen LogP contribution in [0.5, 0.6) is 0 Å². The third-order valence-corrected chi connectivity index (χ3v) is 2.92. The lowest BCUT2D eigenvalue weighted by Crippen LogP contribution is -2.31. The van der Waals surface area contributed by atoms with E-state index in [1.165, 1.54) is 0 Å². The van der Waals surface area contributed by atoms with Crippen molar-refractivity contribution in [2.24, 2.45) is 5.41 Å². The zero-order chi connectivity index (χ0) is 9.90. The highest BCUT2D eigenvalue weighted by atomic mass is 16.5. The van der Waals surface area contributed by atoms with E-state index in [4.69, 9.17) is 9.47 Å². The normalized spacial score (nSPS) is 39.3. The molecule has 76 valence electrons. The van der Waals surface area contributed by atoms with Gasteiger partial charge in [-0.25, -0.2) is 0 Å². The summed E-state index contributed by atoms with van der Waals surface area (Å²) >= 11 is 0. The van der Waals surface area contributed by atoms with Crippen LogP contribution in [0.1, 0.15) is 26.7 Å². The van der Waals surface area contributed by atoms with E-state index in [0.29, 0.717) is 6.61 Å². The summed E-state index contributed by atoms with van der Waals surface area (Å²) in [5.74, 6) is 0. The standard InChI is InChI=1S/C10H18O3/c1-8-6-10(7-11,4-5-12-3)9(2)13-8/h7-9H,4-6H2,1-3H3. The largest absolute Gasteiger partial charge is 0.385 e. The van der Waals surface area contributed by atoms with Gasteiger partial charge in [0.2, 0.25) is 0 Å². The molecule has 1 saturated heterocycles. The first kappa shape index (κ1) is 10.7. The van der Waals surface area contributed by atoms with E-state index in [9.17, 15) is 4.79 Å². The summed E-state index contributed by atoms with van der Waals surface area (Å²) in [6, 6.07) is 0. The van der Waals surface area contributed by atoms with Crippen LogP contribution in [0.3, 0.4) is 0 Å². The molecule has 13 heavy (non-hydrogen) atoms. The summed E-state index contributed by atoms with van der Waals surface area (Å²) in [7, 11) is 1.66. The van der Waals surface area contributed by atoms with Crippen LogP contribution in [0.15, 0.2) is 0 Å². The Kier molecular flexibility index (Phi) is 3.45. The number of carbonyl (C=O) groups is 1. The van der Waals surface area contributed by atoms with Crippen LogP contribution in [0.25, 0.3) is 0 Å². The molecule has 0 aromatic carbocycles. The Labute approximate surface area is 79.4 Å². The van der Waals surface area contributed by atoms with Crippen LogP contribution in [0.4, 0.5) is 0 Å². The van der Waals surface area contributed by atoms with Crippen LogP contribution < -0.4 is 0 Å². The summed E-state index contributed by atoms with van der Waals surface area (Å²) in [5, 5.41) is 0. The molecule has 3 nitrogen and oxygen atoms in total. The molecule has 0 aromatic heterocycles. The second kappa shape index (κ2) is 4.20. The highest BCUT2D eigenvalue weighted by molar-refractivity contribution is 5.61. The Hall–Kier alpha value is -0.410. The van der Waals surface area contributed by atoms with Crippen molar-refractivity contribution in [3.05, 3.63) is 0 Å². The summed E-state index contributed by atoms with van der Waals surface area (Å²) < 4.78 is 10.6. The van der Waals surface area contributed by atoms with Crippen molar-refractivity contribution in [2.75, 3.05) is 13.7 Å². The minimum Gasteiger partial charge on any atom is -0.385 e. The zero-order valence-corrected chi connectivity index (χ0v) is 8.58. The van der Waals surface area contributed by atoms with Crippen molar-refractivity contribution in [3.8, 4) is 0 Å². The van der Waals surface area contributed by atoms with Crippen LogP contribution in [0.2, 0.25) is 0 Å². The van der Waals surface area contributed by atoms with Crippen LogP contribution >= 0.6 is 0 Å². The quantitative estimate of drug-likeness (QED) is 0.623. The van der Waals surface area contributed by atoms with Gasteiger partial charge in [0.25, 0.3) is 0 Å². The van der Waals surface area contributed by atoms with Gasteiger partial charge in [-0.15, -0.1) is 0 Å². The summed E-state index contributed by atoms with van der Waals surface area (Å²) in [4.78, 5) is 11.1. The van der Waals surface area contributed by atoms with Crippen LogP contribution in [-0.2, 0) is 14.3 Å². The predicted molar refractivity (Wildman–Crippen MR) is 49.6 cm³/mol. The third kappa shape index (κ3) is 2.09. The zero-order valence-electron chi connectivity index (χ0n) is 8.58. The molecule has 3 heteroatoms. The van der Waals surface area contributed by atoms with Gasteiger partial charge in [0.1, 0.15) is 6.29 Å². The second-order valence-corrected chi connectivity index (χ2v) is 3.89. The molecule has 0 saturated carbocycles. The topological polar surface area (TPSA) is 35.5 Å². The average Bonchev–Trinajstić information content (AvgIpc) is 2.38. The Bertz CT molecular complexity index is 181. The molecule has 3 unspecified atom stereocenters. The fourth-order valence-electron chi connectivity index (χ4n) is 2.03. The number of hydrogen-bond acceptors (Lipinski definition) is 3. The number of methoxy groups -OCH3 is 1. The summed E-state index contributed by atoms with van der Waals surface area (Å²) in [6.45, 7) is 4.60. The molecule has 0 amide bonds. The Balaban J connectivity index is 2.63. The van der Waals surface area contributed by atoms with Crippen molar-refractivity contribution < 1.29 is 14.3 Å². The predicted octanol–water partition coefficient (Wildman–Crippen LogP) is 1.41. The molecule has 0 N–H and O–H groups in total. The van der Waals surface area contributed by atoms with Gasteiger partial charge in [0.05, 0.1) is 17.6 Å². The van der Waals surface area contributed by atoms with Gasteiger partial charge in [0.15, 0.2) is 0 Å². The SMILES string of the molecule is COCCC1(C=O)CC(C)OC1C. The minimum absolute atomic E-state index is 0.0233. The lowest BCUT2D eigenvalue weighted by Gasteiger charge is -2.24. The molecular weight excluding hydrogens is 168 g/mol. The van der Waals surface area contributed by atoms with E-state index >= 15 is 0 Å². The van der Waals surface area contributed by atoms with Gasteiger partial charge in [-0.05, 0) is 26.7 Å². The molecule has 0 bridgehead atoms. The van der Waals surface area contributed by atoms with E-state index in [2.05, 4.69) is 0 Å². The first-order valence-corrected chi connectivity index (χ1v) is 4.75. The van der Waals surface area contributed by atoms with Crippen molar-refractivity contribution in [2.45, 2.75) is 38.9 Å². The molecule has 0 aromatic rings. The Morgan fingerprint density at radius 1 is 1.62 bits per heavy atom.